The minimum atomic E-state index is -3.57. The standard InChI is InChI=1S/C15H22F2N2O4S/c1-11-4-3-7-19(10-11)24(20,21)18-9-12-5-6-13(23-15(16)17)14(8-12)22-2/h5-6,8,11,15,18H,3-4,7,9-10H2,1-2H3/t11-/m0/s1. The van der Waals surface area contributed by atoms with Crippen molar-refractivity contribution in [3.05, 3.63) is 23.8 Å². The number of piperidine rings is 1. The third-order valence-electron chi connectivity index (χ3n) is 3.86. The lowest BCUT2D eigenvalue weighted by Crippen LogP contribution is -2.45. The first kappa shape index (κ1) is 18.9. The molecule has 0 unspecified atom stereocenters. The molecule has 0 saturated carbocycles. The van der Waals surface area contributed by atoms with Crippen LogP contribution in [0.1, 0.15) is 25.3 Å². The summed E-state index contributed by atoms with van der Waals surface area (Å²) in [5.74, 6) is 0.365. The van der Waals surface area contributed by atoms with Gasteiger partial charge in [-0.2, -0.15) is 26.2 Å². The zero-order valence-corrected chi connectivity index (χ0v) is 14.5. The summed E-state index contributed by atoms with van der Waals surface area (Å²) in [6.07, 6.45) is 1.87. The SMILES string of the molecule is COc1cc(CNS(=O)(=O)N2CCC[C@H](C)C2)ccc1OC(F)F. The Morgan fingerprint density at radius 1 is 1.38 bits per heavy atom. The Bertz CT molecular complexity index is 655. The Morgan fingerprint density at radius 3 is 2.75 bits per heavy atom. The minimum absolute atomic E-state index is 0.0402. The summed E-state index contributed by atoms with van der Waals surface area (Å²) in [6.45, 7) is 0.112. The summed E-state index contributed by atoms with van der Waals surface area (Å²) >= 11 is 0. The van der Waals surface area contributed by atoms with E-state index >= 15 is 0 Å². The van der Waals surface area contributed by atoms with Gasteiger partial charge in [-0.3, -0.25) is 0 Å². The smallest absolute Gasteiger partial charge is 0.387 e. The van der Waals surface area contributed by atoms with Crippen LogP contribution in [0.4, 0.5) is 8.78 Å². The fourth-order valence-corrected chi connectivity index (χ4v) is 4.00. The highest BCUT2D eigenvalue weighted by Crippen LogP contribution is 2.29. The van der Waals surface area contributed by atoms with Gasteiger partial charge in [-0.1, -0.05) is 13.0 Å². The molecule has 1 aromatic carbocycles. The maximum Gasteiger partial charge on any atom is 0.387 e. The number of hydrogen-bond donors (Lipinski definition) is 1. The van der Waals surface area contributed by atoms with E-state index in [1.807, 2.05) is 6.92 Å². The topological polar surface area (TPSA) is 67.9 Å². The number of rotatable bonds is 7. The number of methoxy groups -OCH3 is 1. The molecule has 24 heavy (non-hydrogen) atoms. The van der Waals surface area contributed by atoms with Crippen molar-refractivity contribution in [2.24, 2.45) is 5.92 Å². The van der Waals surface area contributed by atoms with Crippen molar-refractivity contribution in [2.45, 2.75) is 32.9 Å². The maximum atomic E-state index is 12.3. The van der Waals surface area contributed by atoms with Gasteiger partial charge in [-0.15, -0.1) is 0 Å². The van der Waals surface area contributed by atoms with Crippen molar-refractivity contribution in [1.29, 1.82) is 0 Å². The number of benzene rings is 1. The van der Waals surface area contributed by atoms with E-state index < -0.39 is 16.8 Å². The van der Waals surface area contributed by atoms with Gasteiger partial charge < -0.3 is 9.47 Å². The highest BCUT2D eigenvalue weighted by Gasteiger charge is 2.26. The van der Waals surface area contributed by atoms with Crippen molar-refractivity contribution >= 4 is 10.2 Å². The Labute approximate surface area is 140 Å². The molecule has 0 bridgehead atoms. The first-order valence-corrected chi connectivity index (χ1v) is 9.12. The van der Waals surface area contributed by atoms with Crippen LogP contribution in [0.3, 0.4) is 0 Å². The summed E-state index contributed by atoms with van der Waals surface area (Å²) in [5.41, 5.74) is 0.585. The van der Waals surface area contributed by atoms with Crippen LogP contribution in [0, 0.1) is 5.92 Å². The lowest BCUT2D eigenvalue weighted by Gasteiger charge is -2.30. The van der Waals surface area contributed by atoms with Gasteiger partial charge in [0.05, 0.1) is 7.11 Å². The fourth-order valence-electron chi connectivity index (χ4n) is 2.65. The van der Waals surface area contributed by atoms with Crippen LogP contribution in [-0.2, 0) is 16.8 Å². The summed E-state index contributed by atoms with van der Waals surface area (Å²) in [5, 5.41) is 0. The molecule has 0 aliphatic carbocycles. The van der Waals surface area contributed by atoms with Crippen LogP contribution >= 0.6 is 0 Å². The summed E-state index contributed by atoms with van der Waals surface area (Å²) < 4.78 is 62.6. The molecule has 0 spiro atoms. The Kier molecular flexibility index (Phi) is 6.36. The van der Waals surface area contributed by atoms with Gasteiger partial charge in [0, 0.05) is 19.6 Å². The van der Waals surface area contributed by atoms with E-state index in [1.54, 1.807) is 0 Å². The first-order chi connectivity index (χ1) is 11.3. The third-order valence-corrected chi connectivity index (χ3v) is 5.38. The van der Waals surface area contributed by atoms with Gasteiger partial charge in [0.25, 0.3) is 10.2 Å². The molecule has 1 N–H and O–H groups in total. The second kappa shape index (κ2) is 8.09. The number of nitrogens with zero attached hydrogens (tertiary/aromatic N) is 1. The van der Waals surface area contributed by atoms with Gasteiger partial charge >= 0.3 is 6.61 Å². The van der Waals surface area contributed by atoms with Crippen molar-refractivity contribution in [1.82, 2.24) is 9.03 Å². The van der Waals surface area contributed by atoms with Gasteiger partial charge in [-0.05, 0) is 36.5 Å². The number of hydrogen-bond acceptors (Lipinski definition) is 4. The van der Waals surface area contributed by atoms with Crippen molar-refractivity contribution in [3.8, 4) is 11.5 Å². The van der Waals surface area contributed by atoms with Gasteiger partial charge in [0.1, 0.15) is 0 Å². The fraction of sp³-hybridized carbons (Fsp3) is 0.600. The molecule has 1 saturated heterocycles. The number of halogens is 2. The van der Waals surface area contributed by atoms with Crippen LogP contribution in [0.5, 0.6) is 11.5 Å². The predicted octanol–water partition coefficient (Wildman–Crippen LogP) is 2.36. The lowest BCUT2D eigenvalue weighted by atomic mass is 10.0. The largest absolute Gasteiger partial charge is 0.493 e. The van der Waals surface area contributed by atoms with Crippen LogP contribution in [0.25, 0.3) is 0 Å². The number of ether oxygens (including phenoxy) is 2. The molecule has 1 aromatic rings. The molecule has 1 atom stereocenters. The monoisotopic (exact) mass is 364 g/mol. The van der Waals surface area contributed by atoms with E-state index in [-0.39, 0.29) is 18.0 Å². The molecular formula is C15H22F2N2O4S. The molecule has 136 valence electrons. The molecule has 0 aromatic heterocycles. The molecule has 2 rings (SSSR count). The Balaban J connectivity index is 2.03. The minimum Gasteiger partial charge on any atom is -0.493 e. The van der Waals surface area contributed by atoms with E-state index in [4.69, 9.17) is 4.74 Å². The zero-order valence-electron chi connectivity index (χ0n) is 13.7. The second-order valence-corrected chi connectivity index (χ2v) is 7.55. The quantitative estimate of drug-likeness (QED) is 0.807. The summed E-state index contributed by atoms with van der Waals surface area (Å²) in [4.78, 5) is 0. The van der Waals surface area contributed by atoms with Crippen molar-refractivity contribution < 1.29 is 26.7 Å². The molecular weight excluding hydrogens is 342 g/mol. The van der Waals surface area contributed by atoms with Crippen LogP contribution in [0.2, 0.25) is 0 Å². The Morgan fingerprint density at radius 2 is 2.12 bits per heavy atom. The summed E-state index contributed by atoms with van der Waals surface area (Å²) in [7, 11) is -2.24. The van der Waals surface area contributed by atoms with E-state index in [0.29, 0.717) is 24.6 Å². The number of nitrogens with one attached hydrogen (secondary N) is 1. The average molecular weight is 364 g/mol. The Hall–Kier alpha value is -1.45. The molecule has 0 radical (unpaired) electrons. The summed E-state index contributed by atoms with van der Waals surface area (Å²) in [6, 6.07) is 4.32. The average Bonchev–Trinajstić information content (AvgIpc) is 2.53. The highest BCUT2D eigenvalue weighted by atomic mass is 32.2. The predicted molar refractivity (Wildman–Crippen MR) is 85.4 cm³/mol. The van der Waals surface area contributed by atoms with Crippen LogP contribution < -0.4 is 14.2 Å². The number of alkyl halides is 2. The van der Waals surface area contributed by atoms with E-state index in [2.05, 4.69) is 9.46 Å². The second-order valence-electron chi connectivity index (χ2n) is 5.80. The molecule has 9 heteroatoms. The van der Waals surface area contributed by atoms with E-state index in [0.717, 1.165) is 12.8 Å². The van der Waals surface area contributed by atoms with Crippen molar-refractivity contribution in [3.63, 3.8) is 0 Å². The van der Waals surface area contributed by atoms with E-state index in [1.165, 1.54) is 29.6 Å². The lowest BCUT2D eigenvalue weighted by molar-refractivity contribution is -0.0512. The molecule has 0 amide bonds. The molecule has 6 nitrogen and oxygen atoms in total. The van der Waals surface area contributed by atoms with Crippen LogP contribution in [0.15, 0.2) is 18.2 Å². The van der Waals surface area contributed by atoms with Gasteiger partial charge in [0.15, 0.2) is 11.5 Å². The van der Waals surface area contributed by atoms with Crippen LogP contribution in [-0.4, -0.2) is 39.5 Å². The van der Waals surface area contributed by atoms with E-state index in [9.17, 15) is 17.2 Å². The highest BCUT2D eigenvalue weighted by molar-refractivity contribution is 7.87. The van der Waals surface area contributed by atoms with Gasteiger partial charge in [0.2, 0.25) is 0 Å². The first-order valence-electron chi connectivity index (χ1n) is 7.68. The molecule has 1 aliphatic heterocycles. The maximum absolute atomic E-state index is 12.3. The molecule has 1 aliphatic rings. The zero-order chi connectivity index (χ0) is 17.7. The van der Waals surface area contributed by atoms with Crippen molar-refractivity contribution in [2.75, 3.05) is 20.2 Å². The normalized spacial score (nSPS) is 19.5. The third kappa shape index (κ3) is 5.02. The molecule has 1 heterocycles. The molecule has 1 fully saturated rings. The van der Waals surface area contributed by atoms with Gasteiger partial charge in [-0.25, -0.2) is 0 Å².